The van der Waals surface area contributed by atoms with Crippen LogP contribution in [0.1, 0.15) is 16.7 Å². The third kappa shape index (κ3) is 3.22. The molecule has 0 N–H and O–H groups in total. The van der Waals surface area contributed by atoms with Gasteiger partial charge in [-0.1, -0.05) is 40.5 Å². The Kier molecular flexibility index (Phi) is 4.45. The second kappa shape index (κ2) is 6.79. The van der Waals surface area contributed by atoms with E-state index in [0.29, 0.717) is 15.7 Å². The fraction of sp³-hybridized carbons (Fsp3) is 0.158. The van der Waals surface area contributed by atoms with Gasteiger partial charge in [0, 0.05) is 10.0 Å². The molecule has 2 heterocycles. The van der Waals surface area contributed by atoms with Gasteiger partial charge < -0.3 is 0 Å². The molecule has 0 saturated carbocycles. The van der Waals surface area contributed by atoms with Crippen molar-refractivity contribution in [1.29, 1.82) is 0 Å². The van der Waals surface area contributed by atoms with Gasteiger partial charge in [0.1, 0.15) is 6.33 Å². The molecule has 0 bridgehead atoms. The topological polar surface area (TPSA) is 65.6 Å². The lowest BCUT2D eigenvalue weighted by atomic mass is 10.1. The quantitative estimate of drug-likeness (QED) is 0.523. The Balaban J connectivity index is 1.77. The average molecular weight is 400 g/mol. The van der Waals surface area contributed by atoms with Crippen molar-refractivity contribution in [2.45, 2.75) is 20.4 Å². The molecule has 0 atom stereocenters. The molecule has 8 heteroatoms. The highest BCUT2D eigenvalue weighted by Gasteiger charge is 2.14. The first-order chi connectivity index (χ1) is 12.9. The summed E-state index contributed by atoms with van der Waals surface area (Å²) in [7, 11) is 0. The summed E-state index contributed by atoms with van der Waals surface area (Å²) in [6, 6.07) is 11.1. The van der Waals surface area contributed by atoms with Gasteiger partial charge in [0.15, 0.2) is 11.2 Å². The van der Waals surface area contributed by atoms with Gasteiger partial charge in [0.25, 0.3) is 5.56 Å². The summed E-state index contributed by atoms with van der Waals surface area (Å²) in [5.74, 6) is 0. The van der Waals surface area contributed by atoms with Gasteiger partial charge in [-0.15, -0.1) is 5.10 Å². The third-order valence-electron chi connectivity index (χ3n) is 4.52. The minimum atomic E-state index is -0.277. The Hall–Kier alpha value is -2.70. The number of rotatable bonds is 3. The maximum Gasteiger partial charge on any atom is 0.283 e. The summed E-state index contributed by atoms with van der Waals surface area (Å²) < 4.78 is 3.03. The molecule has 4 aromatic rings. The smallest absolute Gasteiger partial charge is 0.283 e. The Morgan fingerprint density at radius 1 is 1.04 bits per heavy atom. The number of aromatic nitrogens is 5. The van der Waals surface area contributed by atoms with Gasteiger partial charge in [-0.25, -0.2) is 4.98 Å². The van der Waals surface area contributed by atoms with Gasteiger partial charge in [0.2, 0.25) is 0 Å². The Bertz CT molecular complexity index is 1230. The number of aryl methyl sites for hydroxylation is 2. The molecule has 2 aromatic carbocycles. The lowest BCUT2D eigenvalue weighted by Crippen LogP contribution is -2.21. The summed E-state index contributed by atoms with van der Waals surface area (Å²) in [6.07, 6.45) is 1.48. The van der Waals surface area contributed by atoms with E-state index in [1.807, 2.05) is 32.0 Å². The number of nitrogens with zero attached hydrogens (tertiary/aromatic N) is 5. The van der Waals surface area contributed by atoms with Crippen LogP contribution in [0, 0.1) is 13.8 Å². The van der Waals surface area contributed by atoms with Crippen LogP contribution in [0.25, 0.3) is 16.9 Å². The van der Waals surface area contributed by atoms with E-state index in [1.165, 1.54) is 16.5 Å². The number of hydrogen-bond acceptors (Lipinski definition) is 4. The van der Waals surface area contributed by atoms with Crippen LogP contribution < -0.4 is 5.56 Å². The van der Waals surface area contributed by atoms with Crippen molar-refractivity contribution >= 4 is 34.4 Å². The van der Waals surface area contributed by atoms with Crippen LogP contribution in [0.3, 0.4) is 0 Å². The fourth-order valence-corrected chi connectivity index (χ4v) is 3.29. The molecule has 0 amide bonds. The van der Waals surface area contributed by atoms with Crippen molar-refractivity contribution in [3.8, 4) is 5.69 Å². The first-order valence-electron chi connectivity index (χ1n) is 8.26. The van der Waals surface area contributed by atoms with Crippen LogP contribution in [0.15, 0.2) is 47.5 Å². The van der Waals surface area contributed by atoms with Crippen molar-refractivity contribution in [3.05, 3.63) is 79.8 Å². The molecule has 27 heavy (non-hydrogen) atoms. The molecule has 136 valence electrons. The summed E-state index contributed by atoms with van der Waals surface area (Å²) in [5.41, 5.74) is 4.24. The summed E-state index contributed by atoms with van der Waals surface area (Å²) in [6.45, 7) is 4.33. The van der Waals surface area contributed by atoms with Crippen molar-refractivity contribution in [2.24, 2.45) is 0 Å². The summed E-state index contributed by atoms with van der Waals surface area (Å²) in [5, 5.41) is 9.21. The second-order valence-corrected chi connectivity index (χ2v) is 7.20. The SMILES string of the molecule is Cc1ccc(-n2nnc3c(=O)n(Cc4ccc(Cl)cc4Cl)cnc32)cc1C. The van der Waals surface area contributed by atoms with E-state index in [-0.39, 0.29) is 17.6 Å². The van der Waals surface area contributed by atoms with E-state index < -0.39 is 0 Å². The van der Waals surface area contributed by atoms with Gasteiger partial charge >= 0.3 is 0 Å². The second-order valence-electron chi connectivity index (χ2n) is 6.36. The predicted octanol–water partition coefficient (Wildman–Crippen LogP) is 3.95. The Morgan fingerprint density at radius 2 is 1.85 bits per heavy atom. The third-order valence-corrected chi connectivity index (χ3v) is 5.11. The normalized spacial score (nSPS) is 11.3. The lowest BCUT2D eigenvalue weighted by molar-refractivity contribution is 0.745. The van der Waals surface area contributed by atoms with Crippen molar-refractivity contribution < 1.29 is 0 Å². The maximum absolute atomic E-state index is 12.8. The van der Waals surface area contributed by atoms with Crippen molar-refractivity contribution in [1.82, 2.24) is 24.5 Å². The van der Waals surface area contributed by atoms with Crippen LogP contribution in [0.5, 0.6) is 0 Å². The van der Waals surface area contributed by atoms with Gasteiger partial charge in [-0.3, -0.25) is 9.36 Å². The zero-order chi connectivity index (χ0) is 19.1. The molecule has 0 aliphatic rings. The van der Waals surface area contributed by atoms with E-state index in [0.717, 1.165) is 16.8 Å². The molecule has 6 nitrogen and oxygen atoms in total. The molecule has 0 spiro atoms. The minimum absolute atomic E-state index is 0.209. The molecular formula is C19H15Cl2N5O. The summed E-state index contributed by atoms with van der Waals surface area (Å²) >= 11 is 12.1. The first kappa shape index (κ1) is 17.7. The molecular weight excluding hydrogens is 385 g/mol. The molecule has 2 aromatic heterocycles. The standard InChI is InChI=1S/C19H15Cl2N5O/c1-11-3-6-15(7-12(11)2)26-18-17(23-24-26)19(27)25(10-22-18)9-13-4-5-14(20)8-16(13)21/h3-8,10H,9H2,1-2H3. The highest BCUT2D eigenvalue weighted by Crippen LogP contribution is 2.22. The zero-order valence-corrected chi connectivity index (χ0v) is 16.2. The van der Waals surface area contributed by atoms with Gasteiger partial charge in [-0.2, -0.15) is 4.68 Å². The van der Waals surface area contributed by atoms with Crippen LogP contribution in [-0.2, 0) is 6.54 Å². The highest BCUT2D eigenvalue weighted by atomic mass is 35.5. The number of hydrogen-bond donors (Lipinski definition) is 0. The van der Waals surface area contributed by atoms with E-state index in [4.69, 9.17) is 23.2 Å². The molecule has 0 radical (unpaired) electrons. The molecule has 0 fully saturated rings. The highest BCUT2D eigenvalue weighted by molar-refractivity contribution is 6.35. The van der Waals surface area contributed by atoms with Crippen LogP contribution in [-0.4, -0.2) is 24.5 Å². The molecule has 4 rings (SSSR count). The number of fused-ring (bicyclic) bond motifs is 1. The largest absolute Gasteiger partial charge is 0.293 e. The fourth-order valence-electron chi connectivity index (χ4n) is 2.82. The average Bonchev–Trinajstić information content (AvgIpc) is 3.06. The molecule has 0 saturated heterocycles. The van der Waals surface area contributed by atoms with Crippen LogP contribution in [0.2, 0.25) is 10.0 Å². The molecule has 0 unspecified atom stereocenters. The van der Waals surface area contributed by atoms with Crippen LogP contribution in [0.4, 0.5) is 0 Å². The predicted molar refractivity (Wildman–Crippen MR) is 106 cm³/mol. The first-order valence-corrected chi connectivity index (χ1v) is 9.02. The maximum atomic E-state index is 12.8. The zero-order valence-electron chi connectivity index (χ0n) is 14.6. The van der Waals surface area contributed by atoms with Gasteiger partial charge in [0.05, 0.1) is 12.2 Å². The monoisotopic (exact) mass is 399 g/mol. The molecule has 0 aliphatic carbocycles. The van der Waals surface area contributed by atoms with E-state index >= 15 is 0 Å². The summed E-state index contributed by atoms with van der Waals surface area (Å²) in [4.78, 5) is 17.2. The van der Waals surface area contributed by atoms with Gasteiger partial charge in [-0.05, 0) is 54.8 Å². The number of benzene rings is 2. The Labute approximate surface area is 165 Å². The Morgan fingerprint density at radius 3 is 2.59 bits per heavy atom. The van der Waals surface area contributed by atoms with Crippen molar-refractivity contribution in [3.63, 3.8) is 0 Å². The number of halogens is 2. The molecule has 0 aliphatic heterocycles. The van der Waals surface area contributed by atoms with E-state index in [9.17, 15) is 4.79 Å². The minimum Gasteiger partial charge on any atom is -0.293 e. The van der Waals surface area contributed by atoms with E-state index in [2.05, 4.69) is 15.3 Å². The van der Waals surface area contributed by atoms with E-state index in [1.54, 1.807) is 22.9 Å². The lowest BCUT2D eigenvalue weighted by Gasteiger charge is -2.08. The van der Waals surface area contributed by atoms with Crippen LogP contribution >= 0.6 is 23.2 Å². The van der Waals surface area contributed by atoms with Crippen molar-refractivity contribution in [2.75, 3.05) is 0 Å².